The zero-order valence-corrected chi connectivity index (χ0v) is 14.8. The normalized spacial score (nSPS) is 17.9. The number of hydrogen-bond acceptors (Lipinski definition) is 3. The number of benzene rings is 2. The fourth-order valence-electron chi connectivity index (χ4n) is 3.49. The first-order valence-corrected chi connectivity index (χ1v) is 8.94. The number of fused-ring (bicyclic) bond motifs is 1. The van der Waals surface area contributed by atoms with Crippen LogP contribution in [0.25, 0.3) is 0 Å². The van der Waals surface area contributed by atoms with E-state index in [0.29, 0.717) is 36.5 Å². The van der Waals surface area contributed by atoms with Gasteiger partial charge in [-0.1, -0.05) is 35.9 Å². The summed E-state index contributed by atoms with van der Waals surface area (Å²) >= 11 is 6.14. The van der Waals surface area contributed by atoms with E-state index in [1.54, 1.807) is 11.0 Å². The first kappa shape index (κ1) is 16.7. The van der Waals surface area contributed by atoms with Gasteiger partial charge in [-0.3, -0.25) is 4.79 Å². The maximum Gasteiger partial charge on any atom is 0.321 e. The van der Waals surface area contributed by atoms with E-state index in [0.717, 1.165) is 11.4 Å². The predicted octanol–water partition coefficient (Wildman–Crippen LogP) is 3.52. The Morgan fingerprint density at radius 2 is 1.77 bits per heavy atom. The topological polar surface area (TPSA) is 73.5 Å². The molecule has 2 aromatic rings. The van der Waals surface area contributed by atoms with E-state index in [-0.39, 0.29) is 11.9 Å². The summed E-state index contributed by atoms with van der Waals surface area (Å²) in [4.78, 5) is 26.7. The molecule has 2 aromatic carbocycles. The number of amides is 3. The van der Waals surface area contributed by atoms with Crippen LogP contribution in [0.5, 0.6) is 0 Å². The van der Waals surface area contributed by atoms with Crippen molar-refractivity contribution in [3.05, 3.63) is 59.1 Å². The van der Waals surface area contributed by atoms with E-state index >= 15 is 0 Å². The predicted molar refractivity (Wildman–Crippen MR) is 102 cm³/mol. The lowest BCUT2D eigenvalue weighted by Crippen LogP contribution is -2.63. The Morgan fingerprint density at radius 3 is 2.50 bits per heavy atom. The zero-order chi connectivity index (χ0) is 18.1. The fourth-order valence-corrected chi connectivity index (χ4v) is 3.75. The molecule has 2 aliphatic rings. The van der Waals surface area contributed by atoms with Crippen molar-refractivity contribution in [1.29, 1.82) is 0 Å². The summed E-state index contributed by atoms with van der Waals surface area (Å²) in [7, 11) is 0. The van der Waals surface area contributed by atoms with E-state index in [1.165, 1.54) is 0 Å². The van der Waals surface area contributed by atoms with Crippen LogP contribution in [0.2, 0.25) is 5.02 Å². The highest BCUT2D eigenvalue weighted by atomic mass is 35.5. The van der Waals surface area contributed by atoms with Gasteiger partial charge in [-0.25, -0.2) is 4.79 Å². The summed E-state index contributed by atoms with van der Waals surface area (Å²) in [5.74, 6) is -0.175. The van der Waals surface area contributed by atoms with Crippen molar-refractivity contribution in [3.8, 4) is 0 Å². The van der Waals surface area contributed by atoms with Gasteiger partial charge in [0, 0.05) is 31.6 Å². The lowest BCUT2D eigenvalue weighted by Gasteiger charge is -2.45. The molecule has 0 aliphatic carbocycles. The van der Waals surface area contributed by atoms with Crippen LogP contribution < -0.4 is 16.0 Å². The Labute approximate surface area is 156 Å². The Bertz CT molecular complexity index is 848. The minimum absolute atomic E-state index is 0.128. The second-order valence-corrected chi connectivity index (χ2v) is 7.01. The van der Waals surface area contributed by atoms with Crippen LogP contribution in [-0.4, -0.2) is 35.6 Å². The summed E-state index contributed by atoms with van der Waals surface area (Å²) in [6, 6.07) is 14.6. The van der Waals surface area contributed by atoms with Crippen LogP contribution in [0.4, 0.5) is 16.2 Å². The van der Waals surface area contributed by atoms with Gasteiger partial charge in [0.05, 0.1) is 16.3 Å². The first-order valence-electron chi connectivity index (χ1n) is 8.57. The van der Waals surface area contributed by atoms with Crippen molar-refractivity contribution in [3.63, 3.8) is 0 Å². The molecular formula is C19H19ClN4O2. The molecule has 1 saturated heterocycles. The third-order valence-corrected chi connectivity index (χ3v) is 5.21. The molecule has 6 nitrogen and oxygen atoms in total. The largest absolute Gasteiger partial charge is 0.362 e. The Balaban J connectivity index is 1.43. The molecule has 3 amide bonds. The second-order valence-electron chi connectivity index (χ2n) is 6.61. The molecule has 3 N–H and O–H groups in total. The quantitative estimate of drug-likeness (QED) is 0.719. The lowest BCUT2D eigenvalue weighted by atomic mass is 9.92. The van der Waals surface area contributed by atoms with Gasteiger partial charge < -0.3 is 20.9 Å². The Hall–Kier alpha value is -2.73. The van der Waals surface area contributed by atoms with Gasteiger partial charge in [-0.15, -0.1) is 0 Å². The number of nitrogens with one attached hydrogen (secondary N) is 3. The molecule has 1 fully saturated rings. The van der Waals surface area contributed by atoms with Crippen molar-refractivity contribution in [2.75, 3.05) is 23.7 Å². The average molecular weight is 371 g/mol. The van der Waals surface area contributed by atoms with Crippen molar-refractivity contribution >= 4 is 34.9 Å². The maximum absolute atomic E-state index is 12.5. The third kappa shape index (κ3) is 3.08. The molecule has 0 aromatic heterocycles. The lowest BCUT2D eigenvalue weighted by molar-refractivity contribution is 0.0852. The van der Waals surface area contributed by atoms with Gasteiger partial charge in [-0.05, 0) is 24.3 Å². The van der Waals surface area contributed by atoms with E-state index in [4.69, 9.17) is 11.6 Å². The van der Waals surface area contributed by atoms with Gasteiger partial charge in [0.15, 0.2) is 0 Å². The van der Waals surface area contributed by atoms with E-state index in [9.17, 15) is 9.59 Å². The van der Waals surface area contributed by atoms with Crippen LogP contribution in [0.15, 0.2) is 48.5 Å². The molecule has 0 saturated carbocycles. The molecule has 4 rings (SSSR count). The second kappa shape index (κ2) is 6.53. The van der Waals surface area contributed by atoms with Crippen LogP contribution in [0, 0.1) is 0 Å². The smallest absolute Gasteiger partial charge is 0.321 e. The number of rotatable bonds is 1. The van der Waals surface area contributed by atoms with E-state index in [1.807, 2.05) is 42.5 Å². The number of anilines is 2. The van der Waals surface area contributed by atoms with Crippen molar-refractivity contribution in [1.82, 2.24) is 10.2 Å². The number of halogens is 1. The van der Waals surface area contributed by atoms with Gasteiger partial charge in [0.1, 0.15) is 5.66 Å². The van der Waals surface area contributed by atoms with Crippen LogP contribution in [0.1, 0.15) is 23.2 Å². The number of para-hydroxylation sites is 1. The number of piperidine rings is 1. The maximum atomic E-state index is 12.5. The monoisotopic (exact) mass is 370 g/mol. The molecular weight excluding hydrogens is 352 g/mol. The van der Waals surface area contributed by atoms with Gasteiger partial charge in [0.2, 0.25) is 0 Å². The molecule has 1 spiro atoms. The Morgan fingerprint density at radius 1 is 1.04 bits per heavy atom. The van der Waals surface area contributed by atoms with E-state index in [2.05, 4.69) is 16.0 Å². The molecule has 0 bridgehead atoms. The summed E-state index contributed by atoms with van der Waals surface area (Å²) in [5.41, 5.74) is 1.44. The molecule has 134 valence electrons. The standard InChI is InChI=1S/C19H19ClN4O2/c20-14-7-4-8-15-16(14)17(25)23-19(22-15)9-11-24(12-10-19)18(26)21-13-5-2-1-3-6-13/h1-8,22H,9-12H2,(H,21,26)(H,23,25). The molecule has 0 unspecified atom stereocenters. The summed E-state index contributed by atoms with van der Waals surface area (Å²) < 4.78 is 0. The van der Waals surface area contributed by atoms with Gasteiger partial charge in [0.25, 0.3) is 5.91 Å². The number of hydrogen-bond donors (Lipinski definition) is 3. The molecule has 26 heavy (non-hydrogen) atoms. The molecule has 2 aliphatic heterocycles. The summed E-state index contributed by atoms with van der Waals surface area (Å²) in [6.45, 7) is 1.09. The van der Waals surface area contributed by atoms with E-state index < -0.39 is 5.66 Å². The minimum Gasteiger partial charge on any atom is -0.362 e. The zero-order valence-electron chi connectivity index (χ0n) is 14.1. The number of carbonyl (C=O) groups is 2. The van der Waals surface area contributed by atoms with Gasteiger partial charge in [-0.2, -0.15) is 0 Å². The van der Waals surface area contributed by atoms with Crippen molar-refractivity contribution in [2.45, 2.75) is 18.5 Å². The molecule has 0 atom stereocenters. The van der Waals surface area contributed by atoms with Crippen LogP contribution in [0.3, 0.4) is 0 Å². The molecule has 7 heteroatoms. The SMILES string of the molecule is O=C1NC2(CCN(C(=O)Nc3ccccc3)CC2)Nc2cccc(Cl)c21. The first-order chi connectivity index (χ1) is 12.6. The number of urea groups is 1. The number of carbonyl (C=O) groups excluding carboxylic acids is 2. The van der Waals surface area contributed by atoms with Crippen LogP contribution in [-0.2, 0) is 0 Å². The average Bonchev–Trinajstić information content (AvgIpc) is 2.62. The molecule has 0 radical (unpaired) electrons. The minimum atomic E-state index is -0.543. The highest BCUT2D eigenvalue weighted by Gasteiger charge is 2.41. The number of likely N-dealkylation sites (tertiary alicyclic amines) is 1. The highest BCUT2D eigenvalue weighted by Crippen LogP contribution is 2.34. The highest BCUT2D eigenvalue weighted by molar-refractivity contribution is 6.34. The summed E-state index contributed by atoms with van der Waals surface area (Å²) in [5, 5.41) is 9.79. The van der Waals surface area contributed by atoms with Crippen LogP contribution >= 0.6 is 11.6 Å². The van der Waals surface area contributed by atoms with Gasteiger partial charge >= 0.3 is 6.03 Å². The summed E-state index contributed by atoms with van der Waals surface area (Å²) in [6.07, 6.45) is 1.24. The van der Waals surface area contributed by atoms with Crippen molar-refractivity contribution < 1.29 is 9.59 Å². The van der Waals surface area contributed by atoms with Crippen molar-refractivity contribution in [2.24, 2.45) is 0 Å². The fraction of sp³-hybridized carbons (Fsp3) is 0.263. The molecule has 2 heterocycles. The number of nitrogens with zero attached hydrogens (tertiary/aromatic N) is 1. The Kier molecular flexibility index (Phi) is 4.20. The third-order valence-electron chi connectivity index (χ3n) is 4.90.